The molecule has 0 radical (unpaired) electrons. The second-order valence-corrected chi connectivity index (χ2v) is 5.55. The average Bonchev–Trinajstić information content (AvgIpc) is 2.36. The minimum atomic E-state index is -1.83. The first kappa shape index (κ1) is 18.9. The molecule has 0 spiro atoms. The molecule has 0 aromatic heterocycles. The van der Waals surface area contributed by atoms with Crippen molar-refractivity contribution in [3.05, 3.63) is 35.4 Å². The summed E-state index contributed by atoms with van der Waals surface area (Å²) in [5, 5.41) is 0. The van der Waals surface area contributed by atoms with Crippen LogP contribution in [-0.2, 0) is 14.9 Å². The summed E-state index contributed by atoms with van der Waals surface area (Å²) >= 11 is 0. The zero-order valence-corrected chi connectivity index (χ0v) is 13.2. The Labute approximate surface area is 126 Å². The summed E-state index contributed by atoms with van der Waals surface area (Å²) in [4.78, 5) is 11.3. The van der Waals surface area contributed by atoms with Gasteiger partial charge < -0.3 is 10.5 Å². The number of carbonyl (C=O) groups excluding carboxylic acids is 1. The Bertz CT molecular complexity index is 428. The fraction of sp³-hybridized carbons (Fsp3) is 0.533. The largest absolute Gasteiger partial charge is 0.464 e. The molecule has 1 aromatic carbocycles. The number of hydrogen-bond donors (Lipinski definition) is 1. The van der Waals surface area contributed by atoms with Gasteiger partial charge in [0, 0.05) is 0 Å². The standard InChI is InChI=1S/C15H22FNO2.ClH/c1-5-19-14(18)12(16)13(17)10-6-8-11(9-7-10)15(2,3)4;/h6-9,12-13H,5,17H2,1-4H3;1H/t12?,13-;/m1./s1. The van der Waals surface area contributed by atoms with Crippen molar-refractivity contribution in [3.8, 4) is 0 Å². The van der Waals surface area contributed by atoms with Gasteiger partial charge in [-0.05, 0) is 23.5 Å². The predicted molar refractivity (Wildman–Crippen MR) is 80.8 cm³/mol. The smallest absolute Gasteiger partial charge is 0.342 e. The summed E-state index contributed by atoms with van der Waals surface area (Å²) < 4.78 is 18.4. The summed E-state index contributed by atoms with van der Waals surface area (Å²) in [6.45, 7) is 8.07. The van der Waals surface area contributed by atoms with Crippen LogP contribution in [0.5, 0.6) is 0 Å². The maximum absolute atomic E-state index is 13.8. The zero-order chi connectivity index (χ0) is 14.6. The van der Waals surface area contributed by atoms with Crippen molar-refractivity contribution in [2.45, 2.75) is 45.3 Å². The summed E-state index contributed by atoms with van der Waals surface area (Å²) in [5.74, 6) is -0.908. The number of hydrogen-bond acceptors (Lipinski definition) is 3. The van der Waals surface area contributed by atoms with Gasteiger partial charge in [0.2, 0.25) is 6.17 Å². The van der Waals surface area contributed by atoms with Gasteiger partial charge in [-0.15, -0.1) is 12.4 Å². The SMILES string of the molecule is CCOC(=O)C(F)[C@H](N)c1ccc(C(C)(C)C)cc1.Cl. The van der Waals surface area contributed by atoms with Crippen molar-refractivity contribution in [2.75, 3.05) is 6.61 Å². The van der Waals surface area contributed by atoms with Crippen LogP contribution in [-0.4, -0.2) is 18.7 Å². The third-order valence-corrected chi connectivity index (χ3v) is 2.99. The molecule has 0 aliphatic carbocycles. The number of esters is 1. The summed E-state index contributed by atoms with van der Waals surface area (Å²) in [6, 6.07) is 6.35. The van der Waals surface area contributed by atoms with E-state index in [1.807, 2.05) is 12.1 Å². The van der Waals surface area contributed by atoms with Crippen LogP contribution in [0.1, 0.15) is 44.9 Å². The molecule has 1 rings (SSSR count). The van der Waals surface area contributed by atoms with Crippen molar-refractivity contribution >= 4 is 18.4 Å². The highest BCUT2D eigenvalue weighted by Gasteiger charge is 2.27. The monoisotopic (exact) mass is 303 g/mol. The van der Waals surface area contributed by atoms with Crippen molar-refractivity contribution in [2.24, 2.45) is 5.73 Å². The molecule has 0 fully saturated rings. The molecule has 0 bridgehead atoms. The molecule has 0 heterocycles. The molecule has 2 N–H and O–H groups in total. The van der Waals surface area contributed by atoms with E-state index in [9.17, 15) is 9.18 Å². The van der Waals surface area contributed by atoms with Crippen molar-refractivity contribution in [1.29, 1.82) is 0 Å². The molecular formula is C15H23ClFNO2. The van der Waals surface area contributed by atoms with Gasteiger partial charge in [-0.25, -0.2) is 9.18 Å². The van der Waals surface area contributed by atoms with Crippen LogP contribution >= 0.6 is 12.4 Å². The zero-order valence-electron chi connectivity index (χ0n) is 12.4. The van der Waals surface area contributed by atoms with Crippen molar-refractivity contribution in [3.63, 3.8) is 0 Å². The lowest BCUT2D eigenvalue weighted by molar-refractivity contribution is -0.149. The number of nitrogens with two attached hydrogens (primary N) is 1. The first-order valence-corrected chi connectivity index (χ1v) is 6.44. The summed E-state index contributed by atoms with van der Waals surface area (Å²) in [7, 11) is 0. The van der Waals surface area contributed by atoms with Gasteiger partial charge in [-0.2, -0.15) is 0 Å². The third-order valence-electron chi connectivity index (χ3n) is 2.99. The maximum Gasteiger partial charge on any atom is 0.342 e. The van der Waals surface area contributed by atoms with Gasteiger partial charge in [-0.1, -0.05) is 45.0 Å². The fourth-order valence-corrected chi connectivity index (χ4v) is 1.74. The van der Waals surface area contributed by atoms with E-state index in [-0.39, 0.29) is 24.4 Å². The highest BCUT2D eigenvalue weighted by atomic mass is 35.5. The molecule has 2 atom stereocenters. The second kappa shape index (κ2) is 7.60. The Morgan fingerprint density at radius 3 is 2.20 bits per heavy atom. The molecule has 1 aromatic rings. The topological polar surface area (TPSA) is 52.3 Å². The molecule has 114 valence electrons. The first-order valence-electron chi connectivity index (χ1n) is 6.44. The van der Waals surface area contributed by atoms with Gasteiger partial charge in [-0.3, -0.25) is 0 Å². The lowest BCUT2D eigenvalue weighted by atomic mass is 9.86. The number of halogens is 2. The van der Waals surface area contributed by atoms with E-state index in [0.717, 1.165) is 5.56 Å². The highest BCUT2D eigenvalue weighted by Crippen LogP contribution is 2.25. The molecule has 0 saturated carbocycles. The fourth-order valence-electron chi connectivity index (χ4n) is 1.74. The van der Waals surface area contributed by atoms with E-state index in [1.54, 1.807) is 19.1 Å². The minimum absolute atomic E-state index is 0. The number of carbonyl (C=O) groups is 1. The van der Waals surface area contributed by atoms with E-state index in [0.29, 0.717) is 5.56 Å². The molecule has 3 nitrogen and oxygen atoms in total. The van der Waals surface area contributed by atoms with Gasteiger partial charge in [0.1, 0.15) is 0 Å². The molecule has 0 aliphatic heterocycles. The van der Waals surface area contributed by atoms with Gasteiger partial charge >= 0.3 is 5.97 Å². The first-order chi connectivity index (χ1) is 8.77. The summed E-state index contributed by atoms with van der Waals surface area (Å²) in [6.07, 6.45) is -1.83. The Kier molecular flexibility index (Phi) is 7.17. The normalized spacial score (nSPS) is 14.1. The van der Waals surface area contributed by atoms with Crippen LogP contribution < -0.4 is 5.73 Å². The van der Waals surface area contributed by atoms with Gasteiger partial charge in [0.25, 0.3) is 0 Å². The minimum Gasteiger partial charge on any atom is -0.464 e. The number of ether oxygens (including phenoxy) is 1. The highest BCUT2D eigenvalue weighted by molar-refractivity contribution is 5.85. The molecule has 0 saturated heterocycles. The third kappa shape index (κ3) is 4.76. The quantitative estimate of drug-likeness (QED) is 0.868. The molecule has 20 heavy (non-hydrogen) atoms. The van der Waals surface area contributed by atoms with Crippen LogP contribution in [0.15, 0.2) is 24.3 Å². The number of alkyl halides is 1. The number of rotatable bonds is 4. The Balaban J connectivity index is 0.00000361. The maximum atomic E-state index is 13.8. The average molecular weight is 304 g/mol. The van der Waals surface area contributed by atoms with Crippen LogP contribution in [0, 0.1) is 0 Å². The molecule has 0 amide bonds. The molecule has 0 aliphatic rings. The Morgan fingerprint density at radius 2 is 1.80 bits per heavy atom. The number of benzene rings is 1. The van der Waals surface area contributed by atoms with E-state index in [2.05, 4.69) is 25.5 Å². The van der Waals surface area contributed by atoms with Crippen LogP contribution in [0.25, 0.3) is 0 Å². The molecule has 1 unspecified atom stereocenters. The van der Waals surface area contributed by atoms with E-state index >= 15 is 0 Å². The van der Waals surface area contributed by atoms with Crippen LogP contribution in [0.2, 0.25) is 0 Å². The van der Waals surface area contributed by atoms with E-state index in [4.69, 9.17) is 5.73 Å². The summed E-state index contributed by atoms with van der Waals surface area (Å²) in [5.41, 5.74) is 7.51. The predicted octanol–water partition coefficient (Wildman–Crippen LogP) is 3.31. The Hall–Kier alpha value is -1.13. The van der Waals surface area contributed by atoms with Gasteiger partial charge in [0.15, 0.2) is 0 Å². The lowest BCUT2D eigenvalue weighted by Crippen LogP contribution is -2.31. The van der Waals surface area contributed by atoms with E-state index in [1.165, 1.54) is 0 Å². The van der Waals surface area contributed by atoms with Crippen LogP contribution in [0.3, 0.4) is 0 Å². The van der Waals surface area contributed by atoms with Crippen molar-refractivity contribution < 1.29 is 13.9 Å². The van der Waals surface area contributed by atoms with Gasteiger partial charge in [0.05, 0.1) is 12.6 Å². The van der Waals surface area contributed by atoms with Crippen LogP contribution in [0.4, 0.5) is 4.39 Å². The second-order valence-electron chi connectivity index (χ2n) is 5.55. The lowest BCUT2D eigenvalue weighted by Gasteiger charge is -2.21. The van der Waals surface area contributed by atoms with E-state index < -0.39 is 18.2 Å². The Morgan fingerprint density at radius 1 is 1.30 bits per heavy atom. The molecular weight excluding hydrogens is 281 g/mol. The molecule has 5 heteroatoms. The van der Waals surface area contributed by atoms with Crippen molar-refractivity contribution in [1.82, 2.24) is 0 Å².